The highest BCUT2D eigenvalue weighted by atomic mass is 15.0. The van der Waals surface area contributed by atoms with Crippen molar-refractivity contribution in [3.05, 3.63) is 52.3 Å². The first kappa shape index (κ1) is 12.5. The van der Waals surface area contributed by atoms with E-state index >= 15 is 0 Å². The molecule has 19 heavy (non-hydrogen) atoms. The van der Waals surface area contributed by atoms with Crippen molar-refractivity contribution in [3.63, 3.8) is 0 Å². The molecular formula is C17H22N2. The van der Waals surface area contributed by atoms with Gasteiger partial charge in [0.25, 0.3) is 0 Å². The number of benzene rings is 1. The lowest BCUT2D eigenvalue weighted by Crippen LogP contribution is -2.18. The smallest absolute Gasteiger partial charge is 0.0513 e. The largest absolute Gasteiger partial charge is 0.324 e. The Labute approximate surface area is 115 Å². The zero-order chi connectivity index (χ0) is 13.6. The summed E-state index contributed by atoms with van der Waals surface area (Å²) < 4.78 is 2.43. The van der Waals surface area contributed by atoms with E-state index in [4.69, 9.17) is 5.73 Å². The van der Waals surface area contributed by atoms with Crippen molar-refractivity contribution >= 4 is 0 Å². The van der Waals surface area contributed by atoms with E-state index < -0.39 is 0 Å². The molecule has 0 radical (unpaired) electrons. The first-order valence-electron chi connectivity index (χ1n) is 7.13. The van der Waals surface area contributed by atoms with Crippen molar-refractivity contribution in [2.45, 2.75) is 46.1 Å². The molecule has 100 valence electrons. The number of nitrogens with two attached hydrogens (primary N) is 1. The molecule has 0 aliphatic heterocycles. The molecule has 2 N–H and O–H groups in total. The highest BCUT2D eigenvalue weighted by Gasteiger charge is 2.23. The standard InChI is InChI=1S/C17H22N2/c1-11-6-4-7-12(2)17(11)19-13(3)10-14-15(18)8-5-9-16(14)19/h4,6-7,10,15H,5,8-9,18H2,1-3H3. The number of rotatable bonds is 1. The summed E-state index contributed by atoms with van der Waals surface area (Å²) in [6, 6.07) is 9.01. The van der Waals surface area contributed by atoms with Crippen molar-refractivity contribution in [2.75, 3.05) is 0 Å². The van der Waals surface area contributed by atoms with Gasteiger partial charge in [-0.25, -0.2) is 0 Å². The third-order valence-corrected chi connectivity index (χ3v) is 4.31. The lowest BCUT2D eigenvalue weighted by Gasteiger charge is -2.23. The van der Waals surface area contributed by atoms with Gasteiger partial charge in [-0.15, -0.1) is 0 Å². The number of hydrogen-bond donors (Lipinski definition) is 1. The van der Waals surface area contributed by atoms with E-state index in [0.29, 0.717) is 0 Å². The summed E-state index contributed by atoms with van der Waals surface area (Å²) in [4.78, 5) is 0. The molecule has 0 amide bonds. The van der Waals surface area contributed by atoms with Gasteiger partial charge in [0.2, 0.25) is 0 Å². The molecule has 0 bridgehead atoms. The molecule has 1 aliphatic rings. The summed E-state index contributed by atoms with van der Waals surface area (Å²) in [5.41, 5.74) is 14.4. The fourth-order valence-corrected chi connectivity index (χ4v) is 3.41. The molecule has 0 fully saturated rings. The predicted octanol–water partition coefficient (Wildman–Crippen LogP) is 3.74. The maximum absolute atomic E-state index is 6.27. The Hall–Kier alpha value is -1.54. The molecule has 0 saturated heterocycles. The van der Waals surface area contributed by atoms with Gasteiger partial charge in [-0.1, -0.05) is 18.2 Å². The van der Waals surface area contributed by atoms with Crippen LogP contribution in [0.25, 0.3) is 5.69 Å². The molecule has 1 aromatic carbocycles. The number of para-hydroxylation sites is 1. The van der Waals surface area contributed by atoms with Gasteiger partial charge in [-0.3, -0.25) is 0 Å². The SMILES string of the molecule is Cc1cccc(C)c1-n1c(C)cc2c1CCCC2N. The lowest BCUT2D eigenvalue weighted by molar-refractivity contribution is 0.559. The van der Waals surface area contributed by atoms with E-state index in [2.05, 4.69) is 49.6 Å². The second kappa shape index (κ2) is 4.53. The Morgan fingerprint density at radius 3 is 2.53 bits per heavy atom. The van der Waals surface area contributed by atoms with Crippen molar-refractivity contribution in [2.24, 2.45) is 5.73 Å². The minimum Gasteiger partial charge on any atom is -0.324 e. The van der Waals surface area contributed by atoms with Gasteiger partial charge < -0.3 is 10.3 Å². The molecule has 0 spiro atoms. The monoisotopic (exact) mass is 254 g/mol. The Kier molecular flexibility index (Phi) is 2.98. The van der Waals surface area contributed by atoms with Gasteiger partial charge in [0.05, 0.1) is 5.69 Å². The molecule has 2 aromatic rings. The molecule has 3 rings (SSSR count). The van der Waals surface area contributed by atoms with Crippen molar-refractivity contribution in [1.29, 1.82) is 0 Å². The van der Waals surface area contributed by atoms with Crippen LogP contribution < -0.4 is 5.73 Å². The van der Waals surface area contributed by atoms with Gasteiger partial charge in [-0.05, 0) is 62.8 Å². The second-order valence-electron chi connectivity index (χ2n) is 5.76. The van der Waals surface area contributed by atoms with E-state index in [1.54, 1.807) is 0 Å². The average molecular weight is 254 g/mol. The van der Waals surface area contributed by atoms with Crippen molar-refractivity contribution < 1.29 is 0 Å². The van der Waals surface area contributed by atoms with Crippen LogP contribution >= 0.6 is 0 Å². The second-order valence-corrected chi connectivity index (χ2v) is 5.76. The topological polar surface area (TPSA) is 30.9 Å². The van der Waals surface area contributed by atoms with Crippen LogP contribution in [0.2, 0.25) is 0 Å². The zero-order valence-electron chi connectivity index (χ0n) is 12.0. The fraction of sp³-hybridized carbons (Fsp3) is 0.412. The minimum absolute atomic E-state index is 0.216. The van der Waals surface area contributed by atoms with Crippen LogP contribution in [0.15, 0.2) is 24.3 Å². The lowest BCUT2D eigenvalue weighted by atomic mass is 9.93. The molecule has 2 heteroatoms. The molecule has 1 aliphatic carbocycles. The molecular weight excluding hydrogens is 232 g/mol. The number of nitrogens with zero attached hydrogens (tertiary/aromatic N) is 1. The Bertz CT molecular complexity index is 602. The normalized spacial score (nSPS) is 18.4. The van der Waals surface area contributed by atoms with Gasteiger partial charge >= 0.3 is 0 Å². The van der Waals surface area contributed by atoms with E-state index in [0.717, 1.165) is 12.8 Å². The van der Waals surface area contributed by atoms with Crippen LogP contribution in [0, 0.1) is 20.8 Å². The highest BCUT2D eigenvalue weighted by Crippen LogP contribution is 2.34. The highest BCUT2D eigenvalue weighted by molar-refractivity contribution is 5.52. The Morgan fingerprint density at radius 2 is 1.84 bits per heavy atom. The van der Waals surface area contributed by atoms with E-state index in [9.17, 15) is 0 Å². The first-order valence-corrected chi connectivity index (χ1v) is 7.13. The minimum atomic E-state index is 0.216. The van der Waals surface area contributed by atoms with E-state index in [-0.39, 0.29) is 6.04 Å². The van der Waals surface area contributed by atoms with Gasteiger partial charge in [0.1, 0.15) is 0 Å². The Balaban J connectivity index is 2.26. The molecule has 2 nitrogen and oxygen atoms in total. The van der Waals surface area contributed by atoms with Crippen molar-refractivity contribution in [1.82, 2.24) is 4.57 Å². The van der Waals surface area contributed by atoms with Crippen LogP contribution in [0.1, 0.15) is 47.0 Å². The molecule has 1 atom stereocenters. The summed E-state index contributed by atoms with van der Waals surface area (Å²) >= 11 is 0. The maximum atomic E-state index is 6.27. The van der Waals surface area contributed by atoms with Crippen LogP contribution in [-0.4, -0.2) is 4.57 Å². The van der Waals surface area contributed by atoms with E-state index in [1.807, 2.05) is 0 Å². The summed E-state index contributed by atoms with van der Waals surface area (Å²) in [5, 5.41) is 0. The Morgan fingerprint density at radius 1 is 1.16 bits per heavy atom. The maximum Gasteiger partial charge on any atom is 0.0513 e. The van der Waals surface area contributed by atoms with Crippen molar-refractivity contribution in [3.8, 4) is 5.69 Å². The van der Waals surface area contributed by atoms with E-state index in [1.165, 1.54) is 40.2 Å². The number of fused-ring (bicyclic) bond motifs is 1. The van der Waals surface area contributed by atoms with Crippen LogP contribution in [-0.2, 0) is 6.42 Å². The molecule has 1 unspecified atom stereocenters. The van der Waals surface area contributed by atoms with Crippen LogP contribution in [0.5, 0.6) is 0 Å². The first-order chi connectivity index (χ1) is 9.09. The molecule has 1 heterocycles. The predicted molar refractivity (Wildman–Crippen MR) is 79.8 cm³/mol. The summed E-state index contributed by atoms with van der Waals surface area (Å²) in [6.07, 6.45) is 3.45. The zero-order valence-corrected chi connectivity index (χ0v) is 12.0. The quantitative estimate of drug-likeness (QED) is 0.825. The number of aromatic nitrogens is 1. The fourth-order valence-electron chi connectivity index (χ4n) is 3.41. The molecule has 0 saturated carbocycles. The summed E-state index contributed by atoms with van der Waals surface area (Å²) in [5.74, 6) is 0. The van der Waals surface area contributed by atoms with Crippen LogP contribution in [0.3, 0.4) is 0 Å². The summed E-state index contributed by atoms with van der Waals surface area (Å²) in [7, 11) is 0. The summed E-state index contributed by atoms with van der Waals surface area (Å²) in [6.45, 7) is 6.57. The molecule has 1 aromatic heterocycles. The number of aryl methyl sites for hydroxylation is 3. The average Bonchev–Trinajstić information content (AvgIpc) is 2.68. The third-order valence-electron chi connectivity index (χ3n) is 4.31. The van der Waals surface area contributed by atoms with Gasteiger partial charge in [-0.2, -0.15) is 0 Å². The number of hydrogen-bond acceptors (Lipinski definition) is 1. The van der Waals surface area contributed by atoms with Crippen LogP contribution in [0.4, 0.5) is 0 Å². The van der Waals surface area contributed by atoms with Gasteiger partial charge in [0.15, 0.2) is 0 Å². The third kappa shape index (κ3) is 1.91. The van der Waals surface area contributed by atoms with Gasteiger partial charge in [0, 0.05) is 17.4 Å².